The molecule has 2 rings (SSSR count). The molecule has 1 saturated heterocycles. The lowest BCUT2D eigenvalue weighted by Crippen LogP contribution is -2.47. The molecule has 0 aliphatic carbocycles. The molecule has 1 aromatic rings. The summed E-state index contributed by atoms with van der Waals surface area (Å²) in [6.45, 7) is 3.75. The van der Waals surface area contributed by atoms with E-state index >= 15 is 0 Å². The molecular formula is C15H22N2O. The number of carbonyl (C=O) groups excluding carboxylic acids is 1. The molecule has 1 amide bonds. The summed E-state index contributed by atoms with van der Waals surface area (Å²) in [4.78, 5) is 14.1. The molecule has 1 aromatic carbocycles. The number of nitrogens with zero attached hydrogens (tertiary/aromatic N) is 1. The Morgan fingerprint density at radius 2 is 2.17 bits per heavy atom. The third kappa shape index (κ3) is 3.10. The highest BCUT2D eigenvalue weighted by molar-refractivity contribution is 5.81. The minimum Gasteiger partial charge on any atom is -0.340 e. The Morgan fingerprint density at radius 1 is 1.39 bits per heavy atom. The highest BCUT2D eigenvalue weighted by atomic mass is 16.2. The molecule has 0 spiro atoms. The quantitative estimate of drug-likeness (QED) is 0.885. The van der Waals surface area contributed by atoms with Crippen LogP contribution in [0, 0.1) is 6.92 Å². The summed E-state index contributed by atoms with van der Waals surface area (Å²) >= 11 is 0. The summed E-state index contributed by atoms with van der Waals surface area (Å²) < 4.78 is 0. The van der Waals surface area contributed by atoms with Crippen LogP contribution in [-0.2, 0) is 11.3 Å². The van der Waals surface area contributed by atoms with E-state index in [9.17, 15) is 4.79 Å². The molecule has 3 nitrogen and oxygen atoms in total. The summed E-state index contributed by atoms with van der Waals surface area (Å²) in [5.41, 5.74) is 2.47. The number of nitrogens with one attached hydrogen (secondary N) is 1. The predicted molar refractivity (Wildman–Crippen MR) is 73.3 cm³/mol. The monoisotopic (exact) mass is 246 g/mol. The van der Waals surface area contributed by atoms with Crippen LogP contribution in [-0.4, -0.2) is 30.4 Å². The van der Waals surface area contributed by atoms with Crippen LogP contribution >= 0.6 is 0 Å². The number of likely N-dealkylation sites (N-methyl/N-ethyl adjacent to an activating group) is 1. The van der Waals surface area contributed by atoms with E-state index in [-0.39, 0.29) is 11.9 Å². The summed E-state index contributed by atoms with van der Waals surface area (Å²) in [6, 6.07) is 8.26. The van der Waals surface area contributed by atoms with Gasteiger partial charge in [0.2, 0.25) is 5.91 Å². The van der Waals surface area contributed by atoms with Crippen molar-refractivity contribution >= 4 is 5.91 Å². The predicted octanol–water partition coefficient (Wildman–Crippen LogP) is 2.10. The van der Waals surface area contributed by atoms with Crippen molar-refractivity contribution < 1.29 is 4.79 Å². The van der Waals surface area contributed by atoms with Gasteiger partial charge >= 0.3 is 0 Å². The van der Waals surface area contributed by atoms with E-state index in [1.165, 1.54) is 17.5 Å². The molecule has 1 aliphatic heterocycles. The number of hydrogen-bond donors (Lipinski definition) is 1. The molecule has 1 aliphatic rings. The second kappa shape index (κ2) is 6.01. The summed E-state index contributed by atoms with van der Waals surface area (Å²) in [5.74, 6) is 0.220. The molecule has 0 aromatic heterocycles. The van der Waals surface area contributed by atoms with Gasteiger partial charge in [0.1, 0.15) is 0 Å². The lowest BCUT2D eigenvalue weighted by molar-refractivity contribution is -0.133. The largest absolute Gasteiger partial charge is 0.340 e. The van der Waals surface area contributed by atoms with Gasteiger partial charge in [0.25, 0.3) is 0 Å². The molecule has 18 heavy (non-hydrogen) atoms. The van der Waals surface area contributed by atoms with Crippen LogP contribution in [0.25, 0.3) is 0 Å². The van der Waals surface area contributed by atoms with Crippen LogP contribution in [0.15, 0.2) is 24.3 Å². The first-order chi connectivity index (χ1) is 8.68. The van der Waals surface area contributed by atoms with E-state index in [1.54, 1.807) is 0 Å². The highest BCUT2D eigenvalue weighted by Crippen LogP contribution is 2.13. The minimum atomic E-state index is 0.0211. The Morgan fingerprint density at radius 3 is 2.83 bits per heavy atom. The molecule has 0 saturated carbocycles. The smallest absolute Gasteiger partial charge is 0.239 e. The number of aryl methyl sites for hydroxylation is 1. The fraction of sp³-hybridized carbons (Fsp3) is 0.533. The van der Waals surface area contributed by atoms with E-state index in [0.29, 0.717) is 6.54 Å². The average molecular weight is 246 g/mol. The van der Waals surface area contributed by atoms with Gasteiger partial charge in [-0.15, -0.1) is 0 Å². The molecule has 1 fully saturated rings. The number of amides is 1. The van der Waals surface area contributed by atoms with Crippen molar-refractivity contribution in [3.8, 4) is 0 Å². The minimum absolute atomic E-state index is 0.0211. The molecule has 3 heteroatoms. The molecule has 0 bridgehead atoms. The third-order valence-electron chi connectivity index (χ3n) is 3.65. The van der Waals surface area contributed by atoms with Gasteiger partial charge in [-0.2, -0.15) is 0 Å². The van der Waals surface area contributed by atoms with Crippen LogP contribution in [0.2, 0.25) is 0 Å². The number of piperidine rings is 1. The summed E-state index contributed by atoms with van der Waals surface area (Å²) in [5, 5.41) is 3.31. The fourth-order valence-corrected chi connectivity index (χ4v) is 2.45. The zero-order valence-electron chi connectivity index (χ0n) is 11.3. The maximum atomic E-state index is 12.3. The highest BCUT2D eigenvalue weighted by Gasteiger charge is 2.23. The van der Waals surface area contributed by atoms with Gasteiger partial charge in [-0.25, -0.2) is 0 Å². The third-order valence-corrected chi connectivity index (χ3v) is 3.65. The average Bonchev–Trinajstić information content (AvgIpc) is 2.41. The van der Waals surface area contributed by atoms with Gasteiger partial charge in [0, 0.05) is 13.6 Å². The molecule has 1 N–H and O–H groups in total. The molecule has 1 heterocycles. The molecule has 98 valence electrons. The number of carbonyl (C=O) groups is 1. The lowest BCUT2D eigenvalue weighted by atomic mass is 10.0. The Kier molecular flexibility index (Phi) is 4.37. The van der Waals surface area contributed by atoms with E-state index in [1.807, 2.05) is 24.1 Å². The first kappa shape index (κ1) is 13.1. The van der Waals surface area contributed by atoms with Crippen LogP contribution in [0.1, 0.15) is 30.4 Å². The molecule has 0 radical (unpaired) electrons. The van der Waals surface area contributed by atoms with E-state index in [2.05, 4.69) is 24.4 Å². The Labute approximate surface area is 109 Å². The Hall–Kier alpha value is -1.35. The maximum Gasteiger partial charge on any atom is 0.239 e. The van der Waals surface area contributed by atoms with E-state index in [4.69, 9.17) is 0 Å². The number of benzene rings is 1. The zero-order valence-corrected chi connectivity index (χ0v) is 11.3. The maximum absolute atomic E-state index is 12.3. The first-order valence-electron chi connectivity index (χ1n) is 6.71. The SMILES string of the molecule is Cc1ccccc1CN(C)C(=O)[C@@H]1CCCCN1. The van der Waals surface area contributed by atoms with Crippen LogP contribution < -0.4 is 5.32 Å². The van der Waals surface area contributed by atoms with Crippen molar-refractivity contribution in [3.05, 3.63) is 35.4 Å². The van der Waals surface area contributed by atoms with Gasteiger partial charge in [0.05, 0.1) is 6.04 Å². The van der Waals surface area contributed by atoms with Gasteiger partial charge in [-0.3, -0.25) is 4.79 Å². The number of hydrogen-bond acceptors (Lipinski definition) is 2. The van der Waals surface area contributed by atoms with Gasteiger partial charge in [0.15, 0.2) is 0 Å². The molecule has 0 unspecified atom stereocenters. The Balaban J connectivity index is 1.96. The van der Waals surface area contributed by atoms with Crippen LogP contribution in [0.5, 0.6) is 0 Å². The van der Waals surface area contributed by atoms with Crippen molar-refractivity contribution in [2.45, 2.75) is 38.8 Å². The second-order valence-corrected chi connectivity index (χ2v) is 5.12. The van der Waals surface area contributed by atoms with Crippen molar-refractivity contribution in [2.24, 2.45) is 0 Å². The standard InChI is InChI=1S/C15H22N2O/c1-12-7-3-4-8-13(12)11-17(2)15(18)14-9-5-6-10-16-14/h3-4,7-8,14,16H,5-6,9-11H2,1-2H3/t14-/m0/s1. The van der Waals surface area contributed by atoms with E-state index < -0.39 is 0 Å². The van der Waals surface area contributed by atoms with Crippen molar-refractivity contribution in [3.63, 3.8) is 0 Å². The van der Waals surface area contributed by atoms with Crippen LogP contribution in [0.4, 0.5) is 0 Å². The summed E-state index contributed by atoms with van der Waals surface area (Å²) in [7, 11) is 1.89. The molecular weight excluding hydrogens is 224 g/mol. The topological polar surface area (TPSA) is 32.3 Å². The normalized spacial score (nSPS) is 19.6. The lowest BCUT2D eigenvalue weighted by Gasteiger charge is -2.27. The van der Waals surface area contributed by atoms with Crippen molar-refractivity contribution in [2.75, 3.05) is 13.6 Å². The van der Waals surface area contributed by atoms with Crippen molar-refractivity contribution in [1.29, 1.82) is 0 Å². The van der Waals surface area contributed by atoms with Gasteiger partial charge in [-0.05, 0) is 37.4 Å². The zero-order chi connectivity index (χ0) is 13.0. The van der Waals surface area contributed by atoms with Crippen LogP contribution in [0.3, 0.4) is 0 Å². The number of rotatable bonds is 3. The fourth-order valence-electron chi connectivity index (χ4n) is 2.45. The van der Waals surface area contributed by atoms with Gasteiger partial charge < -0.3 is 10.2 Å². The van der Waals surface area contributed by atoms with E-state index in [0.717, 1.165) is 19.4 Å². The van der Waals surface area contributed by atoms with Gasteiger partial charge in [-0.1, -0.05) is 30.7 Å². The van der Waals surface area contributed by atoms with Crippen molar-refractivity contribution in [1.82, 2.24) is 10.2 Å². The second-order valence-electron chi connectivity index (χ2n) is 5.12. The first-order valence-corrected chi connectivity index (χ1v) is 6.71. The molecule has 1 atom stereocenters. The summed E-state index contributed by atoms with van der Waals surface area (Å²) in [6.07, 6.45) is 3.31. The Bertz CT molecular complexity index is 411.